The summed E-state index contributed by atoms with van der Waals surface area (Å²) in [7, 11) is 0. The minimum Gasteiger partial charge on any atom is -0.444 e. The predicted molar refractivity (Wildman–Crippen MR) is 85.1 cm³/mol. The largest absolute Gasteiger partial charge is 0.444 e. The minimum absolute atomic E-state index is 0.0418. The van der Waals surface area contributed by atoms with Gasteiger partial charge in [-0.15, -0.1) is 11.8 Å². The smallest absolute Gasteiger partial charge is 0.407 e. The van der Waals surface area contributed by atoms with Gasteiger partial charge in [-0.25, -0.2) is 4.79 Å². The molecule has 0 radical (unpaired) electrons. The molecule has 0 aromatic rings. The number of hydrogen-bond donors (Lipinski definition) is 2. The number of carbonyl (C=O) groups is 2. The van der Waals surface area contributed by atoms with E-state index in [-0.39, 0.29) is 5.91 Å². The fraction of sp³-hybridized carbons (Fsp3) is 0.857. The summed E-state index contributed by atoms with van der Waals surface area (Å²) in [4.78, 5) is 25.2. The van der Waals surface area contributed by atoms with Crippen LogP contribution in [-0.4, -0.2) is 53.3 Å². The highest BCUT2D eigenvalue weighted by Gasteiger charge is 2.23. The van der Waals surface area contributed by atoms with Crippen molar-refractivity contribution in [2.24, 2.45) is 5.73 Å². The van der Waals surface area contributed by atoms with E-state index in [0.717, 1.165) is 31.0 Å². The van der Waals surface area contributed by atoms with Gasteiger partial charge in [0.25, 0.3) is 0 Å². The summed E-state index contributed by atoms with van der Waals surface area (Å²) in [5, 5.41) is 2.70. The van der Waals surface area contributed by atoms with Gasteiger partial charge in [0.15, 0.2) is 0 Å². The summed E-state index contributed by atoms with van der Waals surface area (Å²) in [6, 6.07) is -0.426. The summed E-state index contributed by atoms with van der Waals surface area (Å²) in [6.07, 6.45) is 1.84. The molecule has 2 amide bonds. The third kappa shape index (κ3) is 7.57. The zero-order chi connectivity index (χ0) is 15.9. The summed E-state index contributed by atoms with van der Waals surface area (Å²) in [6.45, 7) is 6.82. The SMILES string of the molecule is CC(C)(C)OC(=O)NCCCC[C@H](N)C(=O)N1CCSC1. The molecule has 0 spiro atoms. The van der Waals surface area contributed by atoms with E-state index in [0.29, 0.717) is 13.0 Å². The lowest BCUT2D eigenvalue weighted by atomic mass is 10.1. The van der Waals surface area contributed by atoms with Crippen LogP contribution in [0.15, 0.2) is 0 Å². The molecular formula is C14H27N3O3S. The first-order chi connectivity index (χ1) is 9.79. The highest BCUT2D eigenvalue weighted by Crippen LogP contribution is 2.15. The van der Waals surface area contributed by atoms with E-state index in [9.17, 15) is 9.59 Å². The number of carbonyl (C=O) groups excluding carboxylic acids is 2. The maximum atomic E-state index is 12.0. The van der Waals surface area contributed by atoms with E-state index in [1.54, 1.807) is 11.8 Å². The third-order valence-electron chi connectivity index (χ3n) is 2.99. The first kappa shape index (κ1) is 18.1. The van der Waals surface area contributed by atoms with Gasteiger partial charge < -0.3 is 20.7 Å². The number of ether oxygens (including phenoxy) is 1. The van der Waals surface area contributed by atoms with Crippen molar-refractivity contribution in [2.45, 2.75) is 51.7 Å². The van der Waals surface area contributed by atoms with E-state index < -0.39 is 17.7 Å². The molecule has 6 nitrogen and oxygen atoms in total. The van der Waals surface area contributed by atoms with Crippen LogP contribution in [0.3, 0.4) is 0 Å². The number of alkyl carbamates (subject to hydrolysis) is 1. The second-order valence-corrected chi connectivity index (χ2v) is 7.24. The van der Waals surface area contributed by atoms with Crippen molar-refractivity contribution in [1.29, 1.82) is 0 Å². The topological polar surface area (TPSA) is 84.7 Å². The monoisotopic (exact) mass is 317 g/mol. The van der Waals surface area contributed by atoms with Gasteiger partial charge in [0.1, 0.15) is 5.60 Å². The molecule has 1 atom stereocenters. The molecule has 21 heavy (non-hydrogen) atoms. The van der Waals surface area contributed by atoms with Crippen LogP contribution in [0.1, 0.15) is 40.0 Å². The second kappa shape index (κ2) is 8.48. The van der Waals surface area contributed by atoms with Crippen LogP contribution in [0.4, 0.5) is 4.79 Å². The Morgan fingerprint density at radius 2 is 2.10 bits per heavy atom. The Bertz CT molecular complexity index is 352. The molecule has 0 unspecified atom stereocenters. The van der Waals surface area contributed by atoms with Crippen LogP contribution in [0.2, 0.25) is 0 Å². The van der Waals surface area contributed by atoms with Crippen LogP contribution >= 0.6 is 11.8 Å². The summed E-state index contributed by atoms with van der Waals surface area (Å²) < 4.78 is 5.13. The summed E-state index contributed by atoms with van der Waals surface area (Å²) >= 11 is 1.76. The quantitative estimate of drug-likeness (QED) is 0.726. The fourth-order valence-corrected chi connectivity index (χ4v) is 2.90. The number of amides is 2. The maximum Gasteiger partial charge on any atom is 0.407 e. The van der Waals surface area contributed by atoms with E-state index in [1.807, 2.05) is 25.7 Å². The fourth-order valence-electron chi connectivity index (χ4n) is 1.94. The van der Waals surface area contributed by atoms with Crippen LogP contribution in [0.25, 0.3) is 0 Å². The Balaban J connectivity index is 2.08. The molecule has 0 aromatic carbocycles. The zero-order valence-electron chi connectivity index (χ0n) is 13.2. The van der Waals surface area contributed by atoms with Crippen LogP contribution in [0.5, 0.6) is 0 Å². The highest BCUT2D eigenvalue weighted by molar-refractivity contribution is 7.99. The second-order valence-electron chi connectivity index (χ2n) is 6.17. The third-order valence-corrected chi connectivity index (χ3v) is 3.96. The van der Waals surface area contributed by atoms with E-state index in [4.69, 9.17) is 10.5 Å². The predicted octanol–water partition coefficient (Wildman–Crippen LogP) is 1.54. The lowest BCUT2D eigenvalue weighted by Gasteiger charge is -2.20. The van der Waals surface area contributed by atoms with Crippen molar-refractivity contribution in [1.82, 2.24) is 10.2 Å². The first-order valence-corrected chi connectivity index (χ1v) is 8.54. The van der Waals surface area contributed by atoms with Crippen molar-refractivity contribution in [2.75, 3.05) is 24.7 Å². The van der Waals surface area contributed by atoms with Gasteiger partial charge >= 0.3 is 6.09 Å². The molecular weight excluding hydrogens is 290 g/mol. The molecule has 1 fully saturated rings. The average Bonchev–Trinajstić information content (AvgIpc) is 2.88. The lowest BCUT2D eigenvalue weighted by molar-refractivity contribution is -0.131. The number of thioether (sulfide) groups is 1. The number of hydrogen-bond acceptors (Lipinski definition) is 5. The molecule has 0 bridgehead atoms. The van der Waals surface area contributed by atoms with Crippen LogP contribution < -0.4 is 11.1 Å². The normalized spacial score (nSPS) is 16.7. The van der Waals surface area contributed by atoms with Crippen molar-refractivity contribution in [3.8, 4) is 0 Å². The number of nitrogens with zero attached hydrogens (tertiary/aromatic N) is 1. The molecule has 1 aliphatic heterocycles. The number of nitrogens with two attached hydrogens (primary N) is 1. The van der Waals surface area contributed by atoms with Gasteiger partial charge in [0, 0.05) is 18.8 Å². The number of nitrogens with one attached hydrogen (secondary N) is 1. The van der Waals surface area contributed by atoms with Gasteiger partial charge in [-0.3, -0.25) is 4.79 Å². The molecule has 3 N–H and O–H groups in total. The van der Waals surface area contributed by atoms with Gasteiger partial charge in [-0.05, 0) is 40.0 Å². The van der Waals surface area contributed by atoms with Crippen molar-refractivity contribution in [3.05, 3.63) is 0 Å². The Kier molecular flexibility index (Phi) is 7.31. The van der Waals surface area contributed by atoms with Gasteiger partial charge in [-0.2, -0.15) is 0 Å². The van der Waals surface area contributed by atoms with E-state index >= 15 is 0 Å². The molecule has 122 valence electrons. The van der Waals surface area contributed by atoms with Crippen LogP contribution in [0, 0.1) is 0 Å². The highest BCUT2D eigenvalue weighted by atomic mass is 32.2. The Hall–Kier alpha value is -0.950. The summed E-state index contributed by atoms with van der Waals surface area (Å²) in [5.74, 6) is 1.80. The molecule has 0 aliphatic carbocycles. The molecule has 1 heterocycles. The average molecular weight is 317 g/mol. The molecule has 1 saturated heterocycles. The molecule has 1 rings (SSSR count). The summed E-state index contributed by atoms with van der Waals surface area (Å²) in [5.41, 5.74) is 5.43. The lowest BCUT2D eigenvalue weighted by Crippen LogP contribution is -2.42. The molecule has 0 aromatic heterocycles. The number of unbranched alkanes of at least 4 members (excludes halogenated alkanes) is 1. The minimum atomic E-state index is -0.480. The van der Waals surface area contributed by atoms with E-state index in [2.05, 4.69) is 5.32 Å². The molecule has 1 aliphatic rings. The van der Waals surface area contributed by atoms with Crippen molar-refractivity contribution >= 4 is 23.8 Å². The standard InChI is InChI=1S/C14H27N3O3S/c1-14(2,3)20-13(19)16-7-5-4-6-11(15)12(18)17-8-9-21-10-17/h11H,4-10,15H2,1-3H3,(H,16,19)/t11-/m0/s1. The van der Waals surface area contributed by atoms with Gasteiger partial charge in [0.2, 0.25) is 5.91 Å². The first-order valence-electron chi connectivity index (χ1n) is 7.38. The Labute approximate surface area is 131 Å². The van der Waals surface area contributed by atoms with Crippen LogP contribution in [-0.2, 0) is 9.53 Å². The van der Waals surface area contributed by atoms with Crippen molar-refractivity contribution in [3.63, 3.8) is 0 Å². The number of rotatable bonds is 6. The zero-order valence-corrected chi connectivity index (χ0v) is 14.0. The van der Waals surface area contributed by atoms with Crippen molar-refractivity contribution < 1.29 is 14.3 Å². The molecule has 0 saturated carbocycles. The Morgan fingerprint density at radius 3 is 2.67 bits per heavy atom. The Morgan fingerprint density at radius 1 is 1.38 bits per heavy atom. The van der Waals surface area contributed by atoms with Gasteiger partial charge in [0.05, 0.1) is 11.9 Å². The molecule has 7 heteroatoms. The van der Waals surface area contributed by atoms with Gasteiger partial charge in [-0.1, -0.05) is 0 Å². The van der Waals surface area contributed by atoms with E-state index in [1.165, 1.54) is 0 Å². The maximum absolute atomic E-state index is 12.0.